The van der Waals surface area contributed by atoms with Crippen molar-refractivity contribution < 1.29 is 4.39 Å². The van der Waals surface area contributed by atoms with Crippen LogP contribution in [0.3, 0.4) is 0 Å². The third-order valence-electron chi connectivity index (χ3n) is 3.04. The number of halogens is 3. The van der Waals surface area contributed by atoms with Crippen molar-refractivity contribution in [3.05, 3.63) is 64.4 Å². The molecule has 0 bridgehead atoms. The summed E-state index contributed by atoms with van der Waals surface area (Å²) in [5, 5.41) is 5.09. The molecule has 0 saturated heterocycles. The molecular weight excluding hydrogens is 312 g/mol. The number of nitrogens with two attached hydrogens (primary N) is 1. The summed E-state index contributed by atoms with van der Waals surface area (Å²) >= 11 is 12.2. The highest BCUT2D eigenvalue weighted by atomic mass is 35.5. The van der Waals surface area contributed by atoms with Crippen LogP contribution in [0, 0.1) is 5.82 Å². The van der Waals surface area contributed by atoms with E-state index in [1.807, 2.05) is 18.2 Å². The quantitative estimate of drug-likeness (QED) is 0.751. The van der Waals surface area contributed by atoms with Crippen molar-refractivity contribution in [2.24, 2.45) is 0 Å². The number of hydrogen-bond donors (Lipinski definition) is 1. The van der Waals surface area contributed by atoms with Crippen LogP contribution in [0.5, 0.6) is 0 Å². The minimum atomic E-state index is -0.497. The maximum Gasteiger partial charge on any atom is 0.150 e. The molecule has 1 heterocycles. The number of benzene rings is 2. The summed E-state index contributed by atoms with van der Waals surface area (Å²) in [6.07, 6.45) is 0. The first kappa shape index (κ1) is 13.9. The molecule has 0 aliphatic heterocycles. The van der Waals surface area contributed by atoms with Gasteiger partial charge in [0, 0.05) is 11.6 Å². The molecule has 0 saturated carbocycles. The van der Waals surface area contributed by atoms with Crippen molar-refractivity contribution >= 4 is 29.0 Å². The molecule has 2 aromatic carbocycles. The first-order valence-corrected chi connectivity index (χ1v) is 6.88. The van der Waals surface area contributed by atoms with Crippen molar-refractivity contribution in [3.8, 4) is 16.9 Å². The van der Waals surface area contributed by atoms with E-state index >= 15 is 0 Å². The Morgan fingerprint density at radius 3 is 2.43 bits per heavy atom. The Kier molecular flexibility index (Phi) is 3.57. The fourth-order valence-electron chi connectivity index (χ4n) is 2.07. The van der Waals surface area contributed by atoms with Gasteiger partial charge in [-0.3, -0.25) is 0 Å². The number of rotatable bonds is 2. The first-order valence-electron chi connectivity index (χ1n) is 6.13. The van der Waals surface area contributed by atoms with Gasteiger partial charge in [0.1, 0.15) is 17.3 Å². The topological polar surface area (TPSA) is 43.8 Å². The predicted molar refractivity (Wildman–Crippen MR) is 83.4 cm³/mol. The normalized spacial score (nSPS) is 10.8. The Hall–Kier alpha value is -2.04. The van der Waals surface area contributed by atoms with Gasteiger partial charge in [0.05, 0.1) is 15.7 Å². The number of aromatic nitrogens is 2. The molecule has 6 heteroatoms. The van der Waals surface area contributed by atoms with Crippen molar-refractivity contribution in [2.75, 3.05) is 5.73 Å². The molecule has 106 valence electrons. The van der Waals surface area contributed by atoms with E-state index in [2.05, 4.69) is 5.10 Å². The second-order valence-corrected chi connectivity index (χ2v) is 5.23. The molecule has 0 amide bonds. The van der Waals surface area contributed by atoms with Gasteiger partial charge in [0.25, 0.3) is 0 Å². The van der Waals surface area contributed by atoms with Gasteiger partial charge in [-0.2, -0.15) is 5.10 Å². The molecule has 1 aromatic heterocycles. The zero-order valence-electron chi connectivity index (χ0n) is 10.7. The zero-order valence-corrected chi connectivity index (χ0v) is 12.2. The van der Waals surface area contributed by atoms with Crippen molar-refractivity contribution in [2.45, 2.75) is 0 Å². The second kappa shape index (κ2) is 5.39. The van der Waals surface area contributed by atoms with Crippen molar-refractivity contribution in [3.63, 3.8) is 0 Å². The van der Waals surface area contributed by atoms with Crippen molar-refractivity contribution in [1.29, 1.82) is 0 Å². The van der Waals surface area contributed by atoms with Crippen molar-refractivity contribution in [1.82, 2.24) is 9.78 Å². The molecule has 0 unspecified atom stereocenters. The molecule has 21 heavy (non-hydrogen) atoms. The van der Waals surface area contributed by atoms with Crippen LogP contribution < -0.4 is 5.73 Å². The lowest BCUT2D eigenvalue weighted by atomic mass is 10.1. The average Bonchev–Trinajstić information content (AvgIpc) is 2.81. The molecule has 3 aromatic rings. The Bertz CT molecular complexity index is 794. The van der Waals surface area contributed by atoms with Gasteiger partial charge in [0.15, 0.2) is 0 Å². The van der Waals surface area contributed by atoms with E-state index < -0.39 is 5.82 Å². The molecule has 0 aliphatic rings. The van der Waals surface area contributed by atoms with E-state index in [1.165, 1.54) is 16.8 Å². The van der Waals surface area contributed by atoms with Gasteiger partial charge in [-0.05, 0) is 18.2 Å². The molecular formula is C15H10Cl2FN3. The third kappa shape index (κ3) is 2.48. The van der Waals surface area contributed by atoms with Crippen LogP contribution in [0.15, 0.2) is 48.5 Å². The minimum Gasteiger partial charge on any atom is -0.384 e. The summed E-state index contributed by atoms with van der Waals surface area (Å²) < 4.78 is 15.3. The van der Waals surface area contributed by atoms with Gasteiger partial charge in [-0.25, -0.2) is 9.07 Å². The maximum atomic E-state index is 14.0. The number of para-hydroxylation sites is 1. The summed E-state index contributed by atoms with van der Waals surface area (Å²) in [4.78, 5) is 0. The summed E-state index contributed by atoms with van der Waals surface area (Å²) in [7, 11) is 0. The fourth-order valence-corrected chi connectivity index (χ4v) is 2.54. The predicted octanol–water partition coefficient (Wildman–Crippen LogP) is 4.57. The summed E-state index contributed by atoms with van der Waals surface area (Å²) in [5.74, 6) is -0.222. The van der Waals surface area contributed by atoms with E-state index in [9.17, 15) is 4.39 Å². The molecule has 0 fully saturated rings. The Morgan fingerprint density at radius 2 is 1.71 bits per heavy atom. The Morgan fingerprint density at radius 1 is 1.00 bits per heavy atom. The van der Waals surface area contributed by atoms with Gasteiger partial charge < -0.3 is 5.73 Å². The lowest BCUT2D eigenvalue weighted by Crippen LogP contribution is -2.04. The minimum absolute atomic E-state index is 0.120. The van der Waals surface area contributed by atoms with Crippen LogP contribution in [-0.4, -0.2) is 9.78 Å². The highest BCUT2D eigenvalue weighted by molar-refractivity contribution is 6.33. The average molecular weight is 322 g/mol. The molecule has 3 nitrogen and oxygen atoms in total. The Labute approximate surface area is 130 Å². The van der Waals surface area contributed by atoms with E-state index in [0.717, 1.165) is 5.56 Å². The largest absolute Gasteiger partial charge is 0.384 e. The van der Waals surface area contributed by atoms with Crippen LogP contribution in [0.4, 0.5) is 10.2 Å². The lowest BCUT2D eigenvalue weighted by Gasteiger charge is -2.07. The van der Waals surface area contributed by atoms with Crippen LogP contribution in [0.25, 0.3) is 16.9 Å². The Balaban J connectivity index is 2.18. The number of anilines is 1. The van der Waals surface area contributed by atoms with Gasteiger partial charge >= 0.3 is 0 Å². The van der Waals surface area contributed by atoms with Crippen LogP contribution in [0.1, 0.15) is 0 Å². The van der Waals surface area contributed by atoms with E-state index in [4.69, 9.17) is 28.9 Å². The molecule has 0 aliphatic carbocycles. The fraction of sp³-hybridized carbons (Fsp3) is 0. The van der Waals surface area contributed by atoms with E-state index in [0.29, 0.717) is 10.7 Å². The monoisotopic (exact) mass is 321 g/mol. The zero-order chi connectivity index (χ0) is 15.0. The standard InChI is InChI=1S/C15H10Cl2FN3/c16-10-5-2-1-4-9(10)13-8-14(19)21(20-13)15-11(17)6-3-7-12(15)18/h1-8H,19H2. The maximum absolute atomic E-state index is 14.0. The van der Waals surface area contributed by atoms with E-state index in [1.54, 1.807) is 18.2 Å². The lowest BCUT2D eigenvalue weighted by molar-refractivity contribution is 0.612. The molecule has 3 rings (SSSR count). The van der Waals surface area contributed by atoms with Crippen LogP contribution in [0.2, 0.25) is 10.0 Å². The number of nitrogens with zero attached hydrogens (tertiary/aromatic N) is 2. The van der Waals surface area contributed by atoms with Crippen LogP contribution >= 0.6 is 23.2 Å². The summed E-state index contributed by atoms with van der Waals surface area (Å²) in [6, 6.07) is 13.3. The highest BCUT2D eigenvalue weighted by Gasteiger charge is 2.16. The third-order valence-corrected chi connectivity index (χ3v) is 3.67. The molecule has 2 N–H and O–H groups in total. The molecule has 0 radical (unpaired) electrons. The SMILES string of the molecule is Nc1cc(-c2ccccc2Cl)nn1-c1c(F)cccc1Cl. The summed E-state index contributed by atoms with van der Waals surface area (Å²) in [6.45, 7) is 0. The van der Waals surface area contributed by atoms with Gasteiger partial charge in [-0.15, -0.1) is 0 Å². The van der Waals surface area contributed by atoms with Gasteiger partial charge in [-0.1, -0.05) is 47.5 Å². The highest BCUT2D eigenvalue weighted by Crippen LogP contribution is 2.31. The first-order chi connectivity index (χ1) is 10.1. The molecule has 0 atom stereocenters. The van der Waals surface area contributed by atoms with E-state index in [-0.39, 0.29) is 16.5 Å². The smallest absolute Gasteiger partial charge is 0.150 e. The number of nitrogen functional groups attached to an aromatic ring is 1. The van der Waals surface area contributed by atoms with Gasteiger partial charge in [0.2, 0.25) is 0 Å². The van der Waals surface area contributed by atoms with Crippen LogP contribution in [-0.2, 0) is 0 Å². The molecule has 0 spiro atoms. The second-order valence-electron chi connectivity index (χ2n) is 4.42. The number of hydrogen-bond acceptors (Lipinski definition) is 2. The summed E-state index contributed by atoms with van der Waals surface area (Å²) in [5.41, 5.74) is 7.32.